The van der Waals surface area contributed by atoms with Crippen molar-refractivity contribution >= 4 is 50.6 Å². The molecule has 0 radical (unpaired) electrons. The number of carbonyl (C=O) groups excluding carboxylic acids is 1. The Kier molecular flexibility index (Phi) is 6.78. The van der Waals surface area contributed by atoms with E-state index in [1.54, 1.807) is 18.2 Å². The molecule has 0 saturated carbocycles. The van der Waals surface area contributed by atoms with Crippen molar-refractivity contribution in [3.05, 3.63) is 116 Å². The van der Waals surface area contributed by atoms with Gasteiger partial charge in [0, 0.05) is 17.0 Å². The van der Waals surface area contributed by atoms with Crippen LogP contribution in [0.4, 0.5) is 4.39 Å². The van der Waals surface area contributed by atoms with Crippen molar-refractivity contribution in [2.24, 2.45) is 0 Å². The number of rotatable bonds is 4. The highest BCUT2D eigenvalue weighted by Crippen LogP contribution is 2.38. The predicted octanol–water partition coefficient (Wildman–Crippen LogP) is 5.18. The van der Waals surface area contributed by atoms with E-state index >= 15 is 0 Å². The van der Waals surface area contributed by atoms with E-state index in [-0.39, 0.29) is 22.0 Å². The fourth-order valence-corrected chi connectivity index (χ4v) is 7.33. The molecule has 1 aromatic heterocycles. The highest BCUT2D eigenvalue weighted by atomic mass is 35.5. The van der Waals surface area contributed by atoms with Crippen LogP contribution in [-0.2, 0) is 22.0 Å². The summed E-state index contributed by atoms with van der Waals surface area (Å²) in [5.74, 6) is -1.78. The standard InChI is InChI=1S/C29H22Cl2FN3O4S/c30-19-7-10-24(23(31)13-19)35-28-18(11-16-5-8-20(32)9-6-16)14-40(38,39)15-22(28)27(34-35)29(37)33-26-21-4-2-1-3-17(21)12-25(26)36/h1-11,13,25-26,36H,12,14-15H2,(H,33,37)/t25-,26+/m0/s1. The third kappa shape index (κ3) is 4.94. The molecule has 0 spiro atoms. The summed E-state index contributed by atoms with van der Waals surface area (Å²) in [4.78, 5) is 13.7. The first-order valence-corrected chi connectivity index (χ1v) is 15.0. The molecular weight excluding hydrogens is 576 g/mol. The number of hydrogen-bond donors (Lipinski definition) is 2. The van der Waals surface area contributed by atoms with Gasteiger partial charge in [-0.3, -0.25) is 4.79 Å². The quantitative estimate of drug-likeness (QED) is 0.338. The molecule has 1 aliphatic heterocycles. The van der Waals surface area contributed by atoms with E-state index in [4.69, 9.17) is 23.2 Å². The number of aliphatic hydroxyl groups excluding tert-OH is 1. The maximum Gasteiger partial charge on any atom is 0.272 e. The largest absolute Gasteiger partial charge is 0.390 e. The van der Waals surface area contributed by atoms with Crippen LogP contribution in [0.25, 0.3) is 17.3 Å². The lowest BCUT2D eigenvalue weighted by molar-refractivity contribution is 0.0852. The van der Waals surface area contributed by atoms with Crippen molar-refractivity contribution in [2.45, 2.75) is 24.3 Å². The molecule has 6 rings (SSSR count). The topological polar surface area (TPSA) is 101 Å². The predicted molar refractivity (Wildman–Crippen MR) is 152 cm³/mol. The number of sulfone groups is 1. The summed E-state index contributed by atoms with van der Waals surface area (Å²) < 4.78 is 41.2. The number of aromatic nitrogens is 2. The van der Waals surface area contributed by atoms with Gasteiger partial charge in [0.2, 0.25) is 0 Å². The minimum Gasteiger partial charge on any atom is -0.390 e. The zero-order valence-electron chi connectivity index (χ0n) is 20.8. The maximum absolute atomic E-state index is 13.7. The van der Waals surface area contributed by atoms with Crippen LogP contribution in [0.5, 0.6) is 0 Å². The Labute approximate surface area is 239 Å². The summed E-state index contributed by atoms with van der Waals surface area (Å²) in [6.45, 7) is 0. The van der Waals surface area contributed by atoms with Crippen LogP contribution in [0.1, 0.15) is 44.5 Å². The van der Waals surface area contributed by atoms with E-state index in [0.29, 0.717) is 34.0 Å². The SMILES string of the molecule is O=C(N[C@@H]1c2ccccc2C[C@@H]1O)c1nn(-c2ccc(Cl)cc2Cl)c2c1CS(=O)(=O)CC2=Cc1ccc(F)cc1. The number of halogens is 3. The molecule has 2 N–H and O–H groups in total. The number of amides is 1. The summed E-state index contributed by atoms with van der Waals surface area (Å²) in [6, 6.07) is 17.1. The first-order chi connectivity index (χ1) is 19.1. The second kappa shape index (κ2) is 10.2. The molecular formula is C29H22Cl2FN3O4S. The molecule has 1 amide bonds. The minimum absolute atomic E-state index is 0.0918. The van der Waals surface area contributed by atoms with Crippen LogP contribution < -0.4 is 5.32 Å². The number of nitrogens with zero attached hydrogens (tertiary/aromatic N) is 2. The number of nitrogens with one attached hydrogen (secondary N) is 1. The summed E-state index contributed by atoms with van der Waals surface area (Å²) in [7, 11) is -3.68. The Hall–Kier alpha value is -3.50. The van der Waals surface area contributed by atoms with Crippen LogP contribution in [0.15, 0.2) is 66.7 Å². The second-order valence-corrected chi connectivity index (χ2v) is 12.8. The molecule has 2 aliphatic rings. The Morgan fingerprint density at radius 3 is 2.58 bits per heavy atom. The van der Waals surface area contributed by atoms with Gasteiger partial charge in [0.15, 0.2) is 15.5 Å². The Morgan fingerprint density at radius 2 is 1.82 bits per heavy atom. The van der Waals surface area contributed by atoms with Crippen molar-refractivity contribution in [3.8, 4) is 5.69 Å². The zero-order chi connectivity index (χ0) is 28.2. The van der Waals surface area contributed by atoms with Crippen LogP contribution in [0, 0.1) is 5.82 Å². The molecule has 2 atom stereocenters. The molecule has 11 heteroatoms. The van der Waals surface area contributed by atoms with Gasteiger partial charge < -0.3 is 10.4 Å². The number of aliphatic hydroxyl groups is 1. The van der Waals surface area contributed by atoms with Gasteiger partial charge in [0.1, 0.15) is 5.82 Å². The van der Waals surface area contributed by atoms with Crippen molar-refractivity contribution in [3.63, 3.8) is 0 Å². The van der Waals surface area contributed by atoms with Crippen molar-refractivity contribution < 1.29 is 22.7 Å². The van der Waals surface area contributed by atoms with Crippen LogP contribution >= 0.6 is 23.2 Å². The van der Waals surface area contributed by atoms with Crippen molar-refractivity contribution in [1.82, 2.24) is 15.1 Å². The molecule has 0 unspecified atom stereocenters. The molecule has 0 bridgehead atoms. The van der Waals surface area contributed by atoms with Gasteiger partial charge >= 0.3 is 0 Å². The lowest BCUT2D eigenvalue weighted by atomic mass is 10.0. The van der Waals surface area contributed by atoms with Gasteiger partial charge in [-0.05, 0) is 58.7 Å². The summed E-state index contributed by atoms with van der Waals surface area (Å²) in [5, 5.41) is 18.8. The fraction of sp³-hybridized carbons (Fsp3) is 0.172. The van der Waals surface area contributed by atoms with E-state index in [0.717, 1.165) is 11.1 Å². The molecule has 204 valence electrons. The molecule has 1 aliphatic carbocycles. The Morgan fingerprint density at radius 1 is 1.07 bits per heavy atom. The fourth-order valence-electron chi connectivity index (χ4n) is 5.33. The van der Waals surface area contributed by atoms with Crippen LogP contribution in [-0.4, -0.2) is 41.1 Å². The number of hydrogen-bond acceptors (Lipinski definition) is 5. The smallest absolute Gasteiger partial charge is 0.272 e. The molecule has 4 aromatic rings. The van der Waals surface area contributed by atoms with E-state index in [1.165, 1.54) is 35.0 Å². The van der Waals surface area contributed by atoms with E-state index in [9.17, 15) is 22.7 Å². The average molecular weight is 598 g/mol. The lowest BCUT2D eigenvalue weighted by Gasteiger charge is -2.20. The third-order valence-corrected chi connectivity index (χ3v) is 9.10. The first kappa shape index (κ1) is 26.7. The normalized spacial score (nSPS) is 20.2. The van der Waals surface area contributed by atoms with Gasteiger partial charge in [-0.25, -0.2) is 17.5 Å². The third-order valence-electron chi connectivity index (χ3n) is 7.08. The van der Waals surface area contributed by atoms with Gasteiger partial charge in [0.25, 0.3) is 5.91 Å². The molecule has 7 nitrogen and oxygen atoms in total. The van der Waals surface area contributed by atoms with Crippen LogP contribution in [0.2, 0.25) is 10.0 Å². The number of benzene rings is 3. The maximum atomic E-state index is 13.7. The van der Waals surface area contributed by atoms with Gasteiger partial charge in [-0.2, -0.15) is 5.10 Å². The van der Waals surface area contributed by atoms with Crippen molar-refractivity contribution in [2.75, 3.05) is 5.75 Å². The zero-order valence-corrected chi connectivity index (χ0v) is 23.1. The van der Waals surface area contributed by atoms with Crippen LogP contribution in [0.3, 0.4) is 0 Å². The van der Waals surface area contributed by atoms with Gasteiger partial charge in [-0.1, -0.05) is 59.6 Å². The summed E-state index contributed by atoms with van der Waals surface area (Å²) in [5.41, 5.74) is 3.59. The van der Waals surface area contributed by atoms with Gasteiger partial charge in [-0.15, -0.1) is 0 Å². The molecule has 40 heavy (non-hydrogen) atoms. The number of carbonyl (C=O) groups is 1. The minimum atomic E-state index is -3.68. The van der Waals surface area contributed by atoms with Crippen molar-refractivity contribution in [1.29, 1.82) is 0 Å². The first-order valence-electron chi connectivity index (χ1n) is 12.4. The monoisotopic (exact) mass is 597 g/mol. The highest BCUT2D eigenvalue weighted by Gasteiger charge is 2.38. The van der Waals surface area contributed by atoms with Gasteiger partial charge in [0.05, 0.1) is 40.1 Å². The molecule has 3 aromatic carbocycles. The van der Waals surface area contributed by atoms with E-state index in [2.05, 4.69) is 10.4 Å². The lowest BCUT2D eigenvalue weighted by Crippen LogP contribution is -2.35. The number of fused-ring (bicyclic) bond motifs is 2. The Balaban J connectivity index is 1.51. The molecule has 0 saturated heterocycles. The second-order valence-electron chi connectivity index (χ2n) is 9.86. The van der Waals surface area contributed by atoms with E-state index in [1.807, 2.05) is 24.3 Å². The molecule has 0 fully saturated rings. The molecule has 2 heterocycles. The average Bonchev–Trinajstić information content (AvgIpc) is 3.42. The summed E-state index contributed by atoms with van der Waals surface area (Å²) in [6.07, 6.45) is 1.17. The highest BCUT2D eigenvalue weighted by molar-refractivity contribution is 7.91. The van der Waals surface area contributed by atoms with E-state index < -0.39 is 39.5 Å². The Bertz CT molecular complexity index is 1800. The summed E-state index contributed by atoms with van der Waals surface area (Å²) >= 11 is 12.6.